The Morgan fingerprint density at radius 2 is 1.37 bits per heavy atom. The molecular weight excluding hydrogens is 400 g/mol. The van der Waals surface area contributed by atoms with Gasteiger partial charge in [-0.3, -0.25) is 9.59 Å². The lowest BCUT2D eigenvalue weighted by Gasteiger charge is -2.08. The minimum absolute atomic E-state index is 0.102. The Labute approximate surface area is 174 Å². The minimum Gasteiger partial charge on any atom is -0.480 e. The average Bonchev–Trinajstić information content (AvgIpc) is 2.72. The molecule has 1 aromatic heterocycles. The highest BCUT2D eigenvalue weighted by Gasteiger charge is 2.05. The number of aliphatic carboxylic acids is 1. The van der Waals surface area contributed by atoms with Gasteiger partial charge in [0.1, 0.15) is 19.0 Å². The maximum Gasteiger partial charge on any atom is 0.329 e. The molecule has 1 rings (SSSR count). The fourth-order valence-electron chi connectivity index (χ4n) is 1.93. The summed E-state index contributed by atoms with van der Waals surface area (Å²) < 4.78 is 20.4. The Morgan fingerprint density at radius 1 is 0.833 bits per heavy atom. The zero-order valence-electron chi connectivity index (χ0n) is 16.9. The number of ether oxygens (including phenoxy) is 4. The van der Waals surface area contributed by atoms with E-state index >= 15 is 0 Å². The molecule has 0 bridgehead atoms. The van der Waals surface area contributed by atoms with Crippen LogP contribution in [0.3, 0.4) is 0 Å². The molecule has 1 aromatic rings. The molecule has 0 aliphatic rings. The van der Waals surface area contributed by atoms with Crippen LogP contribution in [-0.2, 0) is 28.5 Å². The van der Waals surface area contributed by atoms with E-state index in [9.17, 15) is 14.4 Å². The van der Waals surface area contributed by atoms with Gasteiger partial charge in [-0.15, -0.1) is 0 Å². The third-order valence-electron chi connectivity index (χ3n) is 3.35. The summed E-state index contributed by atoms with van der Waals surface area (Å²) in [4.78, 5) is 41.5. The molecule has 0 radical (unpaired) electrons. The number of aromatic nitrogens is 2. The van der Waals surface area contributed by atoms with Crippen molar-refractivity contribution >= 4 is 17.8 Å². The number of aryl methyl sites for hydroxylation is 1. The van der Waals surface area contributed by atoms with Crippen LogP contribution in [-0.4, -0.2) is 98.8 Å². The van der Waals surface area contributed by atoms with Crippen molar-refractivity contribution in [2.45, 2.75) is 6.92 Å². The number of nitrogens with one attached hydrogen (secondary N) is 2. The topological polar surface area (TPSA) is 158 Å². The summed E-state index contributed by atoms with van der Waals surface area (Å²) in [6, 6.07) is 0. The van der Waals surface area contributed by atoms with Gasteiger partial charge < -0.3 is 34.7 Å². The summed E-state index contributed by atoms with van der Waals surface area (Å²) >= 11 is 0. The van der Waals surface area contributed by atoms with Crippen molar-refractivity contribution in [3.63, 3.8) is 0 Å². The van der Waals surface area contributed by atoms with Crippen LogP contribution in [0.25, 0.3) is 0 Å². The summed E-state index contributed by atoms with van der Waals surface area (Å²) in [7, 11) is 0. The maximum absolute atomic E-state index is 11.8. The van der Waals surface area contributed by atoms with E-state index in [1.807, 2.05) is 0 Å². The van der Waals surface area contributed by atoms with Gasteiger partial charge in [0.25, 0.3) is 5.91 Å². The van der Waals surface area contributed by atoms with Gasteiger partial charge in [-0.2, -0.15) is 0 Å². The number of carboxylic acid groups (broad SMARTS) is 1. The normalized spacial score (nSPS) is 10.6. The molecule has 12 nitrogen and oxygen atoms in total. The first-order valence-electron chi connectivity index (χ1n) is 9.35. The van der Waals surface area contributed by atoms with Crippen molar-refractivity contribution in [2.24, 2.45) is 0 Å². The molecule has 1 heterocycles. The number of carbonyl (C=O) groups excluding carboxylic acids is 2. The molecule has 0 unspecified atom stereocenters. The first kappa shape index (κ1) is 25.4. The predicted molar refractivity (Wildman–Crippen MR) is 103 cm³/mol. The maximum atomic E-state index is 11.8. The van der Waals surface area contributed by atoms with Crippen molar-refractivity contribution in [1.29, 1.82) is 0 Å². The summed E-state index contributed by atoms with van der Waals surface area (Å²) in [6.07, 6.45) is 2.92. The molecule has 168 valence electrons. The largest absolute Gasteiger partial charge is 0.480 e. The number of rotatable bonds is 17. The van der Waals surface area contributed by atoms with E-state index in [1.165, 1.54) is 12.4 Å². The molecule has 0 aromatic carbocycles. The standard InChI is InChI=1S/C18H28N4O8/c1-14-21-10-15(11-22-14)18(26)20-3-5-28-6-8-29-12-16(23)19-2-4-27-7-9-30-13-17(24)25/h10-11H,2-9,12-13H2,1H3,(H,19,23)(H,20,26)(H,24,25). The number of carboxylic acids is 1. The first-order valence-corrected chi connectivity index (χ1v) is 9.35. The first-order chi connectivity index (χ1) is 14.5. The van der Waals surface area contributed by atoms with Gasteiger partial charge in [0.2, 0.25) is 5.91 Å². The van der Waals surface area contributed by atoms with Gasteiger partial charge in [-0.05, 0) is 6.92 Å². The van der Waals surface area contributed by atoms with E-state index in [-0.39, 0.29) is 58.1 Å². The fourth-order valence-corrected chi connectivity index (χ4v) is 1.93. The molecule has 0 spiro atoms. The van der Waals surface area contributed by atoms with Gasteiger partial charge in [-0.1, -0.05) is 0 Å². The second kappa shape index (κ2) is 16.2. The van der Waals surface area contributed by atoms with E-state index in [1.54, 1.807) is 6.92 Å². The van der Waals surface area contributed by atoms with E-state index < -0.39 is 5.97 Å². The molecule has 0 saturated heterocycles. The highest BCUT2D eigenvalue weighted by atomic mass is 16.5. The molecule has 0 aliphatic carbocycles. The number of amides is 2. The van der Waals surface area contributed by atoms with Gasteiger partial charge in [0.05, 0.1) is 45.2 Å². The molecule has 0 aliphatic heterocycles. The van der Waals surface area contributed by atoms with Gasteiger partial charge in [-0.25, -0.2) is 14.8 Å². The average molecular weight is 428 g/mol. The van der Waals surface area contributed by atoms with Crippen LogP contribution in [0.1, 0.15) is 16.2 Å². The number of nitrogens with zero attached hydrogens (tertiary/aromatic N) is 2. The summed E-state index contributed by atoms with van der Waals surface area (Å²) in [5.74, 6) is -0.998. The summed E-state index contributed by atoms with van der Waals surface area (Å²) in [5.41, 5.74) is 0.381. The predicted octanol–water partition coefficient (Wildman–Crippen LogP) is -1.22. The zero-order chi connectivity index (χ0) is 22.0. The Bertz CT molecular complexity index is 642. The van der Waals surface area contributed by atoms with Crippen LogP contribution < -0.4 is 10.6 Å². The van der Waals surface area contributed by atoms with Crippen LogP contribution in [0.2, 0.25) is 0 Å². The lowest BCUT2D eigenvalue weighted by Crippen LogP contribution is -2.31. The number of carbonyl (C=O) groups is 3. The van der Waals surface area contributed by atoms with Gasteiger partial charge in [0.15, 0.2) is 0 Å². The minimum atomic E-state index is -1.03. The van der Waals surface area contributed by atoms with E-state index in [0.717, 1.165) is 0 Å². The quantitative estimate of drug-likeness (QED) is 0.257. The van der Waals surface area contributed by atoms with E-state index in [2.05, 4.69) is 20.6 Å². The molecule has 12 heteroatoms. The molecule has 0 saturated carbocycles. The van der Waals surface area contributed by atoms with Crippen LogP contribution in [0.5, 0.6) is 0 Å². The number of hydrogen-bond donors (Lipinski definition) is 3. The third-order valence-corrected chi connectivity index (χ3v) is 3.35. The van der Waals surface area contributed by atoms with Crippen molar-refractivity contribution in [3.8, 4) is 0 Å². The smallest absolute Gasteiger partial charge is 0.329 e. The van der Waals surface area contributed by atoms with Crippen molar-refractivity contribution in [1.82, 2.24) is 20.6 Å². The summed E-state index contributed by atoms with van der Waals surface area (Å²) in [5, 5.41) is 13.7. The zero-order valence-corrected chi connectivity index (χ0v) is 16.9. The lowest BCUT2D eigenvalue weighted by molar-refractivity contribution is -0.142. The van der Waals surface area contributed by atoms with Crippen LogP contribution in [0, 0.1) is 6.92 Å². The van der Waals surface area contributed by atoms with Gasteiger partial charge in [0, 0.05) is 25.5 Å². The van der Waals surface area contributed by atoms with Crippen LogP contribution in [0.15, 0.2) is 12.4 Å². The second-order valence-corrected chi connectivity index (χ2v) is 5.85. The van der Waals surface area contributed by atoms with Gasteiger partial charge >= 0.3 is 5.97 Å². The Morgan fingerprint density at radius 3 is 1.97 bits per heavy atom. The monoisotopic (exact) mass is 428 g/mol. The molecule has 3 N–H and O–H groups in total. The Balaban J connectivity index is 1.87. The Hall–Kier alpha value is -2.67. The van der Waals surface area contributed by atoms with E-state index in [4.69, 9.17) is 24.1 Å². The highest BCUT2D eigenvalue weighted by molar-refractivity contribution is 5.93. The molecular formula is C18H28N4O8. The van der Waals surface area contributed by atoms with E-state index in [0.29, 0.717) is 31.1 Å². The summed E-state index contributed by atoms with van der Waals surface area (Å²) in [6.45, 7) is 3.45. The molecule has 0 atom stereocenters. The van der Waals surface area contributed by atoms with Crippen molar-refractivity contribution < 1.29 is 38.4 Å². The molecule has 30 heavy (non-hydrogen) atoms. The van der Waals surface area contributed by atoms with Crippen LogP contribution >= 0.6 is 0 Å². The van der Waals surface area contributed by atoms with Crippen LogP contribution in [0.4, 0.5) is 0 Å². The SMILES string of the molecule is Cc1ncc(C(=O)NCCOCCOCC(=O)NCCOCCOCC(=O)O)cn1. The number of hydrogen-bond acceptors (Lipinski definition) is 9. The Kier molecular flexibility index (Phi) is 13.7. The molecule has 0 fully saturated rings. The second-order valence-electron chi connectivity index (χ2n) is 5.85. The van der Waals surface area contributed by atoms with Crippen molar-refractivity contribution in [2.75, 3.05) is 65.9 Å². The third kappa shape index (κ3) is 13.5. The lowest BCUT2D eigenvalue weighted by atomic mass is 10.3. The fraction of sp³-hybridized carbons (Fsp3) is 0.611. The highest BCUT2D eigenvalue weighted by Crippen LogP contribution is 1.94. The van der Waals surface area contributed by atoms with Crippen molar-refractivity contribution in [3.05, 3.63) is 23.8 Å². The molecule has 2 amide bonds.